The highest BCUT2D eigenvalue weighted by Crippen LogP contribution is 2.16. The molecule has 0 spiro atoms. The molecule has 0 unspecified atom stereocenters. The second-order valence-electron chi connectivity index (χ2n) is 5.23. The first-order valence-corrected chi connectivity index (χ1v) is 10.5. The largest absolute Gasteiger partial charge is 0.490 e. The lowest BCUT2D eigenvalue weighted by Gasteiger charge is -2.08. The van der Waals surface area contributed by atoms with Gasteiger partial charge in [0.25, 0.3) is 0 Å². The van der Waals surface area contributed by atoms with Gasteiger partial charge in [0, 0.05) is 4.47 Å². The molecule has 1 aromatic rings. The van der Waals surface area contributed by atoms with Crippen LogP contribution in [-0.2, 0) is 4.79 Å². The molecule has 0 saturated carbocycles. The average Bonchev–Trinajstić information content (AvgIpc) is 2.37. The van der Waals surface area contributed by atoms with Crippen molar-refractivity contribution in [1.29, 1.82) is 0 Å². The molecule has 1 atom stereocenters. The van der Waals surface area contributed by atoms with E-state index in [0.717, 1.165) is 4.47 Å². The molecule has 0 bridgehead atoms. The Morgan fingerprint density at radius 3 is 2.29 bits per heavy atom. The molecule has 1 aromatic carbocycles. The van der Waals surface area contributed by atoms with E-state index in [-0.39, 0.29) is 6.61 Å². The maximum absolute atomic E-state index is 10.2. The lowest BCUT2D eigenvalue weighted by atomic mass is 10.3. The maximum atomic E-state index is 10.2. The number of aliphatic carboxylic acids is 1. The highest BCUT2D eigenvalue weighted by atomic mass is 79.9. The Balaban J connectivity index is 0.000000486. The van der Waals surface area contributed by atoms with Crippen LogP contribution in [0.4, 0.5) is 0 Å². The Hall–Kier alpha value is -1.47. The number of halogens is 1. The normalized spacial score (nSPS) is 11.5. The van der Waals surface area contributed by atoms with Crippen molar-refractivity contribution >= 4 is 35.8 Å². The molecule has 6 nitrogen and oxygen atoms in total. The molecule has 0 radical (unpaired) electrons. The fourth-order valence-electron chi connectivity index (χ4n) is 0.950. The molecule has 0 aliphatic carbocycles. The van der Waals surface area contributed by atoms with Crippen LogP contribution in [0.2, 0.25) is 19.6 Å². The standard InChI is InChI=1S/C9H9BrO4.C4H10N2Si/c10-6-1-3-7(4-2-6)14-5-8(11)9(12)13;1-7(2,3)4-6-5/h1-4,8,11H,5H2,(H,12,13);4H,1-3H3/t8-;/m1./s1. The molecule has 1 rings (SSSR count). The second-order valence-corrected chi connectivity index (χ2v) is 11.1. The van der Waals surface area contributed by atoms with Crippen LogP contribution in [0.1, 0.15) is 0 Å². The molecule has 0 aromatic heterocycles. The van der Waals surface area contributed by atoms with Gasteiger partial charge in [0.1, 0.15) is 12.4 Å². The van der Waals surface area contributed by atoms with E-state index in [0.29, 0.717) is 5.75 Å². The number of nitrogens with zero attached hydrogens (tertiary/aromatic N) is 2. The van der Waals surface area contributed by atoms with Gasteiger partial charge < -0.3 is 20.5 Å². The molecule has 2 N–H and O–H groups in total. The minimum Gasteiger partial charge on any atom is -0.490 e. The highest BCUT2D eigenvalue weighted by molar-refractivity contribution is 9.10. The number of aliphatic hydroxyl groups excluding tert-OH is 1. The van der Waals surface area contributed by atoms with E-state index in [1.54, 1.807) is 30.1 Å². The highest BCUT2D eigenvalue weighted by Gasteiger charge is 2.14. The monoisotopic (exact) mass is 374 g/mol. The number of carbonyl (C=O) groups is 1. The van der Waals surface area contributed by atoms with Crippen LogP contribution < -0.4 is 4.74 Å². The van der Waals surface area contributed by atoms with Gasteiger partial charge in [-0.2, -0.15) is 4.79 Å². The summed E-state index contributed by atoms with van der Waals surface area (Å²) in [6.07, 6.45) is -1.49. The van der Waals surface area contributed by atoms with Gasteiger partial charge in [-0.3, -0.25) is 0 Å². The molecule has 8 heteroatoms. The van der Waals surface area contributed by atoms with Crippen LogP contribution in [0.15, 0.2) is 28.7 Å². The predicted octanol–water partition coefficient (Wildman–Crippen LogP) is 2.44. The Morgan fingerprint density at radius 1 is 1.43 bits per heavy atom. The van der Waals surface area contributed by atoms with Crippen LogP contribution in [0.5, 0.6) is 5.75 Å². The Bertz CT molecular complexity index is 496. The number of ether oxygens (including phenoxy) is 1. The molecule has 116 valence electrons. The van der Waals surface area contributed by atoms with Gasteiger partial charge >= 0.3 is 5.97 Å². The summed E-state index contributed by atoms with van der Waals surface area (Å²) in [6.45, 7) is 6.06. The first kappa shape index (κ1) is 19.5. The number of carboxylic acids is 1. The van der Waals surface area contributed by atoms with Crippen molar-refractivity contribution in [2.24, 2.45) is 0 Å². The van der Waals surface area contributed by atoms with Crippen molar-refractivity contribution in [3.05, 3.63) is 34.3 Å². The minimum atomic E-state index is -1.49. The van der Waals surface area contributed by atoms with Crippen LogP contribution in [-0.4, -0.2) is 47.6 Å². The molecule has 0 fully saturated rings. The average molecular weight is 375 g/mol. The van der Waals surface area contributed by atoms with E-state index >= 15 is 0 Å². The van der Waals surface area contributed by atoms with Crippen LogP contribution >= 0.6 is 15.9 Å². The first-order valence-electron chi connectivity index (χ1n) is 6.13. The van der Waals surface area contributed by atoms with Gasteiger partial charge in [-0.1, -0.05) is 35.6 Å². The molecule has 21 heavy (non-hydrogen) atoms. The molecule has 0 heterocycles. The third-order valence-electron chi connectivity index (χ3n) is 1.95. The van der Waals surface area contributed by atoms with Gasteiger partial charge in [-0.05, 0) is 24.3 Å². The number of carboxylic acid groups (broad SMARTS) is 1. The molecule has 0 saturated heterocycles. The Morgan fingerprint density at radius 2 is 1.95 bits per heavy atom. The van der Waals surface area contributed by atoms with E-state index in [2.05, 4.69) is 40.4 Å². The molecule has 0 aliphatic rings. The first-order chi connectivity index (χ1) is 9.65. The van der Waals surface area contributed by atoms with Crippen molar-refractivity contribution in [2.75, 3.05) is 6.61 Å². The smallest absolute Gasteiger partial charge is 0.336 e. The Labute approximate surface area is 133 Å². The Kier molecular flexibility index (Phi) is 8.80. The van der Waals surface area contributed by atoms with E-state index in [1.807, 2.05) is 0 Å². The summed E-state index contributed by atoms with van der Waals surface area (Å²) in [5.74, 6) is 0.864. The number of hydrogen-bond donors (Lipinski definition) is 2. The SMILES string of the molecule is C[Si](C)(C)C=[N+]=[N-].O=C(O)[C@H](O)COc1ccc(Br)cc1. The molecular formula is C13H19BrN2O4Si. The zero-order valence-electron chi connectivity index (χ0n) is 12.2. The van der Waals surface area contributed by atoms with Crippen molar-refractivity contribution in [2.45, 2.75) is 25.7 Å². The third kappa shape index (κ3) is 10.9. The van der Waals surface area contributed by atoms with Gasteiger partial charge in [0.2, 0.25) is 5.84 Å². The maximum Gasteiger partial charge on any atom is 0.336 e. The zero-order chi connectivity index (χ0) is 16.5. The summed E-state index contributed by atoms with van der Waals surface area (Å²) in [5.41, 5.74) is 8.01. The van der Waals surface area contributed by atoms with Crippen LogP contribution in [0.25, 0.3) is 5.53 Å². The number of hydrogen-bond acceptors (Lipinski definition) is 3. The predicted molar refractivity (Wildman–Crippen MR) is 86.3 cm³/mol. The summed E-state index contributed by atoms with van der Waals surface area (Å²) in [6, 6.07) is 6.89. The van der Waals surface area contributed by atoms with Gasteiger partial charge in [-0.25, -0.2) is 4.79 Å². The van der Waals surface area contributed by atoms with Crippen LogP contribution in [0.3, 0.4) is 0 Å². The topological polar surface area (TPSA) is 103 Å². The van der Waals surface area contributed by atoms with E-state index in [4.69, 9.17) is 20.5 Å². The fraction of sp³-hybridized carbons (Fsp3) is 0.385. The second kappa shape index (κ2) is 9.46. The summed E-state index contributed by atoms with van der Waals surface area (Å²) in [4.78, 5) is 13.2. The van der Waals surface area contributed by atoms with Crippen molar-refractivity contribution < 1.29 is 24.5 Å². The zero-order valence-corrected chi connectivity index (χ0v) is 14.7. The van der Waals surface area contributed by atoms with E-state index < -0.39 is 20.1 Å². The molecule has 0 aliphatic heterocycles. The molecule has 0 amide bonds. The summed E-state index contributed by atoms with van der Waals surface area (Å²) in [7, 11) is -1.20. The van der Waals surface area contributed by atoms with Crippen LogP contribution in [0, 0.1) is 0 Å². The summed E-state index contributed by atoms with van der Waals surface area (Å²) in [5, 5.41) is 17.3. The lowest BCUT2D eigenvalue weighted by Crippen LogP contribution is -2.26. The van der Waals surface area contributed by atoms with Gasteiger partial charge in [0.15, 0.2) is 14.2 Å². The van der Waals surface area contributed by atoms with E-state index in [1.165, 1.54) is 0 Å². The summed E-state index contributed by atoms with van der Waals surface area (Å²) >= 11 is 3.25. The quantitative estimate of drug-likeness (QED) is 0.357. The van der Waals surface area contributed by atoms with Crippen molar-refractivity contribution in [1.82, 2.24) is 0 Å². The number of benzene rings is 1. The van der Waals surface area contributed by atoms with Crippen molar-refractivity contribution in [3.63, 3.8) is 0 Å². The number of rotatable bonds is 5. The number of aliphatic hydroxyl groups is 1. The fourth-order valence-corrected chi connectivity index (χ4v) is 1.56. The van der Waals surface area contributed by atoms with Gasteiger partial charge in [-0.15, -0.1) is 0 Å². The lowest BCUT2D eigenvalue weighted by molar-refractivity contribution is -0.148. The van der Waals surface area contributed by atoms with Gasteiger partial charge in [0.05, 0.1) is 0 Å². The molecular weight excluding hydrogens is 356 g/mol. The van der Waals surface area contributed by atoms with E-state index in [9.17, 15) is 4.79 Å². The van der Waals surface area contributed by atoms with Crippen molar-refractivity contribution in [3.8, 4) is 5.75 Å². The summed E-state index contributed by atoms with van der Waals surface area (Å²) < 4.78 is 5.94. The minimum absolute atomic E-state index is 0.253. The third-order valence-corrected chi connectivity index (χ3v) is 3.37.